The molecule has 0 atom stereocenters. The van der Waals surface area contributed by atoms with E-state index in [0.717, 1.165) is 24.8 Å². The molecule has 0 heterocycles. The van der Waals surface area contributed by atoms with Crippen LogP contribution in [0.3, 0.4) is 0 Å². The number of phenolic OH excluding ortho intramolecular Hbond substituents is 1. The lowest BCUT2D eigenvalue weighted by Gasteiger charge is -2.06. The van der Waals surface area contributed by atoms with Crippen molar-refractivity contribution in [2.45, 2.75) is 71.1 Å². The Morgan fingerprint density at radius 1 is 0.955 bits per heavy atom. The standard InChI is InChI=1S/C19H31NO2/c1-2-3-4-5-6-7-8-9-10-19(22)20-16-15-17-11-13-18(21)14-12-17/h11-14,21H,2-10,15-16H2,1H3,(H,20,22). The molecule has 1 amide bonds. The van der Waals surface area contributed by atoms with E-state index < -0.39 is 0 Å². The maximum absolute atomic E-state index is 11.7. The summed E-state index contributed by atoms with van der Waals surface area (Å²) in [6.07, 6.45) is 11.5. The summed E-state index contributed by atoms with van der Waals surface area (Å²) in [6.45, 7) is 2.90. The van der Waals surface area contributed by atoms with Gasteiger partial charge in [-0.25, -0.2) is 0 Å². The van der Waals surface area contributed by atoms with Gasteiger partial charge in [-0.05, 0) is 30.5 Å². The summed E-state index contributed by atoms with van der Waals surface area (Å²) in [5.41, 5.74) is 1.13. The van der Waals surface area contributed by atoms with Gasteiger partial charge in [-0.3, -0.25) is 4.79 Å². The molecule has 0 aliphatic heterocycles. The van der Waals surface area contributed by atoms with Crippen molar-refractivity contribution in [1.29, 1.82) is 0 Å². The van der Waals surface area contributed by atoms with Gasteiger partial charge < -0.3 is 10.4 Å². The predicted octanol–water partition coefficient (Wildman–Crippen LogP) is 4.58. The zero-order chi connectivity index (χ0) is 16.0. The highest BCUT2D eigenvalue weighted by Crippen LogP contribution is 2.10. The number of hydrogen-bond donors (Lipinski definition) is 2. The summed E-state index contributed by atoms with van der Waals surface area (Å²) in [5.74, 6) is 0.437. The van der Waals surface area contributed by atoms with Crippen molar-refractivity contribution in [3.8, 4) is 5.75 Å². The molecule has 1 rings (SSSR count). The molecular formula is C19H31NO2. The molecule has 0 spiro atoms. The number of carbonyl (C=O) groups excluding carboxylic acids is 1. The van der Waals surface area contributed by atoms with E-state index in [1.54, 1.807) is 12.1 Å². The Morgan fingerprint density at radius 3 is 2.18 bits per heavy atom. The third kappa shape index (κ3) is 9.43. The van der Waals surface area contributed by atoms with E-state index in [-0.39, 0.29) is 11.7 Å². The topological polar surface area (TPSA) is 49.3 Å². The molecule has 0 radical (unpaired) electrons. The molecule has 0 bridgehead atoms. The van der Waals surface area contributed by atoms with Crippen LogP contribution in [0.2, 0.25) is 0 Å². The van der Waals surface area contributed by atoms with Crippen molar-refractivity contribution in [2.24, 2.45) is 0 Å². The minimum atomic E-state index is 0.157. The minimum absolute atomic E-state index is 0.157. The van der Waals surface area contributed by atoms with Gasteiger partial charge in [0.15, 0.2) is 0 Å². The minimum Gasteiger partial charge on any atom is -0.508 e. The van der Waals surface area contributed by atoms with E-state index in [2.05, 4.69) is 12.2 Å². The van der Waals surface area contributed by atoms with E-state index in [4.69, 9.17) is 0 Å². The second-order valence-electron chi connectivity index (χ2n) is 5.99. The van der Waals surface area contributed by atoms with Crippen LogP contribution in [0.1, 0.15) is 70.3 Å². The van der Waals surface area contributed by atoms with E-state index in [0.29, 0.717) is 13.0 Å². The van der Waals surface area contributed by atoms with Crippen molar-refractivity contribution in [1.82, 2.24) is 5.32 Å². The summed E-state index contributed by atoms with van der Waals surface area (Å²) in [5, 5.41) is 12.2. The highest BCUT2D eigenvalue weighted by Gasteiger charge is 2.01. The lowest BCUT2D eigenvalue weighted by Crippen LogP contribution is -2.25. The number of amides is 1. The van der Waals surface area contributed by atoms with Gasteiger partial charge in [0.05, 0.1) is 0 Å². The molecule has 0 aromatic heterocycles. The van der Waals surface area contributed by atoms with Crippen molar-refractivity contribution in [3.05, 3.63) is 29.8 Å². The zero-order valence-electron chi connectivity index (χ0n) is 13.9. The number of aromatic hydroxyl groups is 1. The first-order chi connectivity index (χ1) is 10.7. The van der Waals surface area contributed by atoms with Gasteiger partial charge >= 0.3 is 0 Å². The highest BCUT2D eigenvalue weighted by molar-refractivity contribution is 5.75. The van der Waals surface area contributed by atoms with Crippen LogP contribution < -0.4 is 5.32 Å². The van der Waals surface area contributed by atoms with Crippen LogP contribution in [0.5, 0.6) is 5.75 Å². The van der Waals surface area contributed by atoms with E-state index >= 15 is 0 Å². The Hall–Kier alpha value is -1.51. The fourth-order valence-corrected chi connectivity index (χ4v) is 2.52. The monoisotopic (exact) mass is 305 g/mol. The second-order valence-corrected chi connectivity index (χ2v) is 5.99. The van der Waals surface area contributed by atoms with Gasteiger partial charge in [-0.2, -0.15) is 0 Å². The van der Waals surface area contributed by atoms with Gasteiger partial charge in [0.2, 0.25) is 5.91 Å². The van der Waals surface area contributed by atoms with Crippen molar-refractivity contribution >= 4 is 5.91 Å². The molecule has 0 aliphatic rings. The first-order valence-electron chi connectivity index (χ1n) is 8.77. The Labute approximate surface area is 135 Å². The number of carbonyl (C=O) groups is 1. The van der Waals surface area contributed by atoms with E-state index in [1.165, 1.54) is 38.5 Å². The Balaban J connectivity index is 1.94. The maximum atomic E-state index is 11.7. The predicted molar refractivity (Wildman–Crippen MR) is 92.0 cm³/mol. The Bertz CT molecular complexity index is 400. The molecule has 2 N–H and O–H groups in total. The van der Waals surface area contributed by atoms with Crippen LogP contribution in [0.4, 0.5) is 0 Å². The smallest absolute Gasteiger partial charge is 0.220 e. The molecule has 0 aliphatic carbocycles. The summed E-state index contributed by atoms with van der Waals surface area (Å²) in [4.78, 5) is 11.7. The molecule has 0 fully saturated rings. The van der Waals surface area contributed by atoms with Crippen LogP contribution >= 0.6 is 0 Å². The Kier molecular flexibility index (Phi) is 10.2. The highest BCUT2D eigenvalue weighted by atomic mass is 16.3. The van der Waals surface area contributed by atoms with Gasteiger partial charge in [0.1, 0.15) is 5.75 Å². The van der Waals surface area contributed by atoms with E-state index in [9.17, 15) is 9.90 Å². The van der Waals surface area contributed by atoms with Crippen LogP contribution in [0, 0.1) is 0 Å². The second kappa shape index (κ2) is 12.1. The van der Waals surface area contributed by atoms with Crippen molar-refractivity contribution < 1.29 is 9.90 Å². The number of benzene rings is 1. The third-order valence-corrected chi connectivity index (χ3v) is 3.93. The molecule has 0 saturated carbocycles. The summed E-state index contributed by atoms with van der Waals surface area (Å²) in [7, 11) is 0. The first-order valence-corrected chi connectivity index (χ1v) is 8.77. The summed E-state index contributed by atoms with van der Waals surface area (Å²) >= 11 is 0. The average Bonchev–Trinajstić information content (AvgIpc) is 2.52. The number of phenols is 1. The SMILES string of the molecule is CCCCCCCCCCC(=O)NCCc1ccc(O)cc1. The van der Waals surface area contributed by atoms with E-state index in [1.807, 2.05) is 12.1 Å². The molecule has 3 heteroatoms. The number of nitrogens with one attached hydrogen (secondary N) is 1. The molecule has 3 nitrogen and oxygen atoms in total. The molecule has 1 aromatic carbocycles. The molecule has 124 valence electrons. The van der Waals surface area contributed by atoms with Crippen LogP contribution in [0.25, 0.3) is 0 Å². The summed E-state index contributed by atoms with van der Waals surface area (Å²) in [6, 6.07) is 7.13. The molecule has 0 saturated heterocycles. The van der Waals surface area contributed by atoms with Gasteiger partial charge in [-0.15, -0.1) is 0 Å². The largest absolute Gasteiger partial charge is 0.508 e. The normalized spacial score (nSPS) is 10.6. The fraction of sp³-hybridized carbons (Fsp3) is 0.632. The quantitative estimate of drug-likeness (QED) is 0.555. The van der Waals surface area contributed by atoms with Gasteiger partial charge in [0.25, 0.3) is 0 Å². The summed E-state index contributed by atoms with van der Waals surface area (Å²) < 4.78 is 0. The van der Waals surface area contributed by atoms with Crippen molar-refractivity contribution in [2.75, 3.05) is 6.54 Å². The average molecular weight is 305 g/mol. The number of rotatable bonds is 12. The van der Waals surface area contributed by atoms with Gasteiger partial charge in [0, 0.05) is 13.0 Å². The molecule has 22 heavy (non-hydrogen) atoms. The van der Waals surface area contributed by atoms with Crippen LogP contribution in [0.15, 0.2) is 24.3 Å². The molecule has 1 aromatic rings. The lowest BCUT2D eigenvalue weighted by molar-refractivity contribution is -0.121. The zero-order valence-corrected chi connectivity index (χ0v) is 13.9. The Morgan fingerprint density at radius 2 is 1.55 bits per heavy atom. The van der Waals surface area contributed by atoms with Crippen LogP contribution in [-0.4, -0.2) is 17.6 Å². The number of unbranched alkanes of at least 4 members (excludes halogenated alkanes) is 7. The molecule has 0 unspecified atom stereocenters. The third-order valence-electron chi connectivity index (χ3n) is 3.93. The first kappa shape index (κ1) is 18.5. The fourth-order valence-electron chi connectivity index (χ4n) is 2.52. The lowest BCUT2D eigenvalue weighted by atomic mass is 10.1. The maximum Gasteiger partial charge on any atom is 0.220 e. The van der Waals surface area contributed by atoms with Crippen LogP contribution in [-0.2, 0) is 11.2 Å². The van der Waals surface area contributed by atoms with Crippen molar-refractivity contribution in [3.63, 3.8) is 0 Å². The molecular weight excluding hydrogens is 274 g/mol. The number of hydrogen-bond acceptors (Lipinski definition) is 2. The van der Waals surface area contributed by atoms with Gasteiger partial charge in [-0.1, -0.05) is 64.0 Å².